The maximum Gasteiger partial charge on any atom is 0.274 e. The number of carbonyl (C=O) groups excluding carboxylic acids is 1. The lowest BCUT2D eigenvalue weighted by Gasteiger charge is -2.44. The molecular formula is C21H27N3O2. The van der Waals surface area contributed by atoms with E-state index in [1.807, 2.05) is 12.1 Å². The first kappa shape index (κ1) is 18.6. The highest BCUT2D eigenvalue weighted by atomic mass is 16.5. The third-order valence-corrected chi connectivity index (χ3v) is 5.11. The summed E-state index contributed by atoms with van der Waals surface area (Å²) < 4.78 is 0. The molecule has 1 amide bonds. The van der Waals surface area contributed by atoms with Crippen LogP contribution in [-0.4, -0.2) is 46.1 Å². The molecular weight excluding hydrogens is 326 g/mol. The first-order chi connectivity index (χ1) is 12.6. The van der Waals surface area contributed by atoms with Crippen LogP contribution in [0.4, 0.5) is 0 Å². The van der Waals surface area contributed by atoms with E-state index in [2.05, 4.69) is 54.0 Å². The molecule has 0 aliphatic carbocycles. The van der Waals surface area contributed by atoms with Gasteiger partial charge in [-0.15, -0.1) is 0 Å². The van der Waals surface area contributed by atoms with Crippen LogP contribution in [0.15, 0.2) is 54.6 Å². The number of hydrogen-bond acceptors (Lipinski definition) is 4. The third-order valence-electron chi connectivity index (χ3n) is 5.11. The number of rotatable bonds is 5. The van der Waals surface area contributed by atoms with Crippen molar-refractivity contribution in [1.29, 1.82) is 0 Å². The molecule has 1 aliphatic rings. The lowest BCUT2D eigenvalue weighted by atomic mass is 10.0. The van der Waals surface area contributed by atoms with E-state index >= 15 is 0 Å². The van der Waals surface area contributed by atoms with Crippen LogP contribution in [0, 0.1) is 0 Å². The molecule has 1 saturated heterocycles. The van der Waals surface area contributed by atoms with Gasteiger partial charge < -0.3 is 0 Å². The van der Waals surface area contributed by atoms with Crippen molar-refractivity contribution < 1.29 is 10.0 Å². The van der Waals surface area contributed by atoms with Gasteiger partial charge in [0.25, 0.3) is 5.91 Å². The Balaban J connectivity index is 1.59. The summed E-state index contributed by atoms with van der Waals surface area (Å²) in [7, 11) is 0. The van der Waals surface area contributed by atoms with E-state index in [1.54, 1.807) is 17.6 Å². The SMILES string of the molecule is C[C@@H]1CN(Cc2ccc(C(=O)NO)cc2)C[C@@H](C)N1Cc1ccccc1. The van der Waals surface area contributed by atoms with Crippen LogP contribution in [0.1, 0.15) is 35.3 Å². The molecule has 5 heteroatoms. The molecule has 1 fully saturated rings. The number of amides is 1. The van der Waals surface area contributed by atoms with Gasteiger partial charge in [-0.3, -0.25) is 19.8 Å². The first-order valence-electron chi connectivity index (χ1n) is 9.12. The van der Waals surface area contributed by atoms with E-state index in [1.165, 1.54) is 11.1 Å². The van der Waals surface area contributed by atoms with Crippen molar-refractivity contribution in [2.45, 2.75) is 39.0 Å². The Morgan fingerprint density at radius 1 is 0.962 bits per heavy atom. The van der Waals surface area contributed by atoms with Crippen LogP contribution in [0.3, 0.4) is 0 Å². The van der Waals surface area contributed by atoms with Gasteiger partial charge in [-0.25, -0.2) is 5.48 Å². The fourth-order valence-corrected chi connectivity index (χ4v) is 3.79. The number of carbonyl (C=O) groups is 1. The zero-order chi connectivity index (χ0) is 18.5. The largest absolute Gasteiger partial charge is 0.296 e. The van der Waals surface area contributed by atoms with Gasteiger partial charge in [-0.05, 0) is 37.1 Å². The molecule has 26 heavy (non-hydrogen) atoms. The minimum Gasteiger partial charge on any atom is -0.296 e. The third kappa shape index (κ3) is 4.49. The van der Waals surface area contributed by atoms with Crippen LogP contribution in [-0.2, 0) is 13.1 Å². The van der Waals surface area contributed by atoms with E-state index in [0.29, 0.717) is 17.6 Å². The van der Waals surface area contributed by atoms with Crippen LogP contribution < -0.4 is 5.48 Å². The van der Waals surface area contributed by atoms with Crippen LogP contribution >= 0.6 is 0 Å². The van der Waals surface area contributed by atoms with Crippen molar-refractivity contribution in [3.8, 4) is 0 Å². The Labute approximate surface area is 155 Å². The fraction of sp³-hybridized carbons (Fsp3) is 0.381. The van der Waals surface area contributed by atoms with Gasteiger partial charge in [0, 0.05) is 43.8 Å². The fourth-order valence-electron chi connectivity index (χ4n) is 3.79. The summed E-state index contributed by atoms with van der Waals surface area (Å²) in [6, 6.07) is 19.0. The highest BCUT2D eigenvalue weighted by Gasteiger charge is 2.29. The summed E-state index contributed by atoms with van der Waals surface area (Å²) in [6.45, 7) is 8.49. The standard InChI is InChI=1S/C21H27N3O2/c1-16-12-23(14-19-8-10-20(11-9-19)21(25)22-26)13-17(2)24(16)15-18-6-4-3-5-7-18/h3-11,16-17,26H,12-15H2,1-2H3,(H,22,25)/t16-,17-/m1/s1. The predicted molar refractivity (Wildman–Crippen MR) is 102 cm³/mol. The average molecular weight is 353 g/mol. The van der Waals surface area contributed by atoms with Crippen molar-refractivity contribution in [2.24, 2.45) is 0 Å². The van der Waals surface area contributed by atoms with Gasteiger partial charge in [-0.1, -0.05) is 42.5 Å². The lowest BCUT2D eigenvalue weighted by Crippen LogP contribution is -2.55. The molecule has 3 rings (SSSR count). The van der Waals surface area contributed by atoms with E-state index in [-0.39, 0.29) is 0 Å². The summed E-state index contributed by atoms with van der Waals surface area (Å²) in [4.78, 5) is 16.4. The Morgan fingerprint density at radius 3 is 2.12 bits per heavy atom. The Bertz CT molecular complexity index is 706. The molecule has 2 N–H and O–H groups in total. The smallest absolute Gasteiger partial charge is 0.274 e. The molecule has 0 bridgehead atoms. The second kappa shape index (κ2) is 8.45. The topological polar surface area (TPSA) is 55.8 Å². The minimum absolute atomic E-state index is 0.464. The molecule has 2 atom stereocenters. The predicted octanol–water partition coefficient (Wildman–Crippen LogP) is 2.90. The maximum atomic E-state index is 11.4. The lowest BCUT2D eigenvalue weighted by molar-refractivity contribution is 0.0290. The van der Waals surface area contributed by atoms with Gasteiger partial charge >= 0.3 is 0 Å². The number of nitrogens with one attached hydrogen (secondary N) is 1. The van der Waals surface area contributed by atoms with Crippen LogP contribution in [0.2, 0.25) is 0 Å². The zero-order valence-electron chi connectivity index (χ0n) is 15.4. The minimum atomic E-state index is -0.478. The van der Waals surface area contributed by atoms with Crippen molar-refractivity contribution in [3.63, 3.8) is 0 Å². The second-order valence-corrected chi connectivity index (χ2v) is 7.19. The Morgan fingerprint density at radius 2 is 1.54 bits per heavy atom. The molecule has 0 radical (unpaired) electrons. The molecule has 0 saturated carbocycles. The van der Waals surface area contributed by atoms with Gasteiger partial charge in [-0.2, -0.15) is 0 Å². The summed E-state index contributed by atoms with van der Waals surface area (Å²) in [6.07, 6.45) is 0. The number of hydroxylamine groups is 1. The van der Waals surface area contributed by atoms with E-state index in [4.69, 9.17) is 5.21 Å². The normalized spacial score (nSPS) is 21.5. The van der Waals surface area contributed by atoms with E-state index < -0.39 is 5.91 Å². The molecule has 1 heterocycles. The summed E-state index contributed by atoms with van der Waals surface area (Å²) in [5, 5.41) is 8.70. The monoisotopic (exact) mass is 353 g/mol. The molecule has 2 aromatic carbocycles. The summed E-state index contributed by atoms with van der Waals surface area (Å²) in [5.41, 5.74) is 4.66. The molecule has 0 spiro atoms. The van der Waals surface area contributed by atoms with Crippen LogP contribution in [0.25, 0.3) is 0 Å². The molecule has 2 aromatic rings. The summed E-state index contributed by atoms with van der Waals surface area (Å²) >= 11 is 0. The van der Waals surface area contributed by atoms with E-state index in [9.17, 15) is 4.79 Å². The number of piperazine rings is 1. The highest BCUT2D eigenvalue weighted by Crippen LogP contribution is 2.20. The average Bonchev–Trinajstić information content (AvgIpc) is 2.65. The number of nitrogens with zero attached hydrogens (tertiary/aromatic N) is 2. The van der Waals surface area contributed by atoms with Crippen LogP contribution in [0.5, 0.6) is 0 Å². The number of benzene rings is 2. The first-order valence-corrected chi connectivity index (χ1v) is 9.12. The Hall–Kier alpha value is -2.21. The van der Waals surface area contributed by atoms with E-state index in [0.717, 1.165) is 26.2 Å². The zero-order valence-corrected chi connectivity index (χ0v) is 15.4. The second-order valence-electron chi connectivity index (χ2n) is 7.19. The summed E-state index contributed by atoms with van der Waals surface area (Å²) in [5.74, 6) is -0.478. The van der Waals surface area contributed by atoms with Gasteiger partial charge in [0.05, 0.1) is 0 Å². The number of hydrogen-bond donors (Lipinski definition) is 2. The van der Waals surface area contributed by atoms with Gasteiger partial charge in [0.2, 0.25) is 0 Å². The van der Waals surface area contributed by atoms with Crippen molar-refractivity contribution in [2.75, 3.05) is 13.1 Å². The Kier molecular flexibility index (Phi) is 6.04. The van der Waals surface area contributed by atoms with Gasteiger partial charge in [0.15, 0.2) is 0 Å². The maximum absolute atomic E-state index is 11.4. The quantitative estimate of drug-likeness (QED) is 0.641. The van der Waals surface area contributed by atoms with Crippen molar-refractivity contribution in [1.82, 2.24) is 15.3 Å². The molecule has 0 unspecified atom stereocenters. The highest BCUT2D eigenvalue weighted by molar-refractivity contribution is 5.93. The van der Waals surface area contributed by atoms with Crippen molar-refractivity contribution >= 4 is 5.91 Å². The molecule has 138 valence electrons. The van der Waals surface area contributed by atoms with Gasteiger partial charge in [0.1, 0.15) is 0 Å². The molecule has 5 nitrogen and oxygen atoms in total. The van der Waals surface area contributed by atoms with Crippen molar-refractivity contribution in [3.05, 3.63) is 71.3 Å². The molecule has 0 aromatic heterocycles. The molecule has 1 aliphatic heterocycles.